The van der Waals surface area contributed by atoms with Crippen molar-refractivity contribution in [3.05, 3.63) is 21.9 Å². The Bertz CT molecular complexity index is 58.8. The first-order valence-electron chi connectivity index (χ1n) is 0.771. The fourth-order valence-corrected chi connectivity index (χ4v) is 0. The third-order valence-electron chi connectivity index (χ3n) is 0. The van der Waals surface area contributed by atoms with Crippen molar-refractivity contribution in [1.82, 2.24) is 6.15 Å². The number of nitrogens with zero attached hydrogens (tertiary/aromatic N) is 2. The Morgan fingerprint density at radius 2 is 1.38 bits per heavy atom. The van der Waals surface area contributed by atoms with Crippen molar-refractivity contribution in [2.75, 3.05) is 0 Å². The quantitative estimate of drug-likeness (QED) is 0.268. The van der Waals surface area contributed by atoms with Gasteiger partial charge in [-0.3, -0.25) is 0 Å². The van der Waals surface area contributed by atoms with E-state index in [0.717, 1.165) is 0 Å². The van der Waals surface area contributed by atoms with Crippen molar-refractivity contribution in [1.29, 1.82) is 5.26 Å². The summed E-state index contributed by atoms with van der Waals surface area (Å²) in [5, 5.41) is 21.0. The second-order valence-electron chi connectivity index (χ2n) is 0.224. The molecule has 0 bridgehead atoms. The van der Waals surface area contributed by atoms with Gasteiger partial charge in [0.25, 0.3) is 0 Å². The molecule has 0 fully saturated rings. The summed E-state index contributed by atoms with van der Waals surface area (Å²) in [6.45, 7) is 4.75. The summed E-state index contributed by atoms with van der Waals surface area (Å²) in [5.41, 5.74) is 0. The van der Waals surface area contributed by atoms with Crippen molar-refractivity contribution >= 4 is 0 Å². The standard InChI is InChI=1S/CN.Ag.NO3.H3N/c1-2;;2-1(3)4;/h;;;1H3/q-1;+1;-1;/p+1. The summed E-state index contributed by atoms with van der Waals surface area (Å²) >= 11 is 0. The third kappa shape index (κ3) is 279. The van der Waals surface area contributed by atoms with Crippen molar-refractivity contribution in [3.8, 4) is 0 Å². The maximum atomic E-state index is 8.25. The molecule has 0 spiro atoms. The molecule has 0 saturated heterocycles. The van der Waals surface area contributed by atoms with Crippen molar-refractivity contribution in [3.63, 3.8) is 0 Å². The summed E-state index contributed by atoms with van der Waals surface area (Å²) in [6, 6.07) is 0. The molecule has 0 aromatic carbocycles. The summed E-state index contributed by atoms with van der Waals surface area (Å²) < 4.78 is 0. The molecule has 0 saturated carbocycles. The van der Waals surface area contributed by atoms with Crippen LogP contribution in [0.25, 0.3) is 0 Å². The van der Waals surface area contributed by atoms with Gasteiger partial charge in [0.15, 0.2) is 0 Å². The van der Waals surface area contributed by atoms with E-state index in [1.807, 2.05) is 0 Å². The van der Waals surface area contributed by atoms with Crippen LogP contribution in [-0.2, 0) is 22.4 Å². The van der Waals surface area contributed by atoms with Crippen LogP contribution in [0.15, 0.2) is 0 Å². The molecule has 0 aliphatic carbocycles. The summed E-state index contributed by atoms with van der Waals surface area (Å²) in [6.07, 6.45) is 0. The molecular formula is CH4AgN3O3. The monoisotopic (exact) mass is 213 g/mol. The van der Waals surface area contributed by atoms with E-state index in [4.69, 9.17) is 27.2 Å². The first-order chi connectivity index (χ1) is 2.73. The fraction of sp³-hybridized carbons (Fsp3) is 0. The van der Waals surface area contributed by atoms with Gasteiger partial charge in [0.1, 0.15) is 0 Å². The average molecular weight is 214 g/mol. The number of hydrogen-bond donors (Lipinski definition) is 1. The van der Waals surface area contributed by atoms with Gasteiger partial charge in [0, 0.05) is 0 Å². The van der Waals surface area contributed by atoms with Crippen LogP contribution in [0, 0.1) is 27.2 Å². The van der Waals surface area contributed by atoms with Gasteiger partial charge in [-0.05, 0) is 0 Å². The first-order valence-corrected chi connectivity index (χ1v) is 0.771. The molecule has 0 aliphatic heterocycles. The van der Waals surface area contributed by atoms with Crippen LogP contribution in [0.5, 0.6) is 0 Å². The zero-order chi connectivity index (χ0) is 5.58. The van der Waals surface area contributed by atoms with Crippen LogP contribution in [0.4, 0.5) is 0 Å². The molecular weight excluding hydrogens is 210 g/mol. The molecule has 6 nitrogen and oxygen atoms in total. The van der Waals surface area contributed by atoms with Gasteiger partial charge in [-0.2, -0.15) is 0 Å². The molecule has 0 aromatic rings. The van der Waals surface area contributed by atoms with Crippen LogP contribution < -0.4 is 6.15 Å². The van der Waals surface area contributed by atoms with E-state index < -0.39 is 5.09 Å². The van der Waals surface area contributed by atoms with Crippen LogP contribution in [0.2, 0.25) is 0 Å². The van der Waals surface area contributed by atoms with Crippen LogP contribution in [0.1, 0.15) is 0 Å². The van der Waals surface area contributed by atoms with E-state index in [2.05, 4.69) is 0 Å². The second kappa shape index (κ2) is 32.5. The molecule has 0 aliphatic rings. The van der Waals surface area contributed by atoms with Crippen LogP contribution in [-0.4, -0.2) is 5.09 Å². The SMILES string of the molecule is O=[N+]([O-])[O-].[Ag+].[C-]#N.[NH4+]. The molecule has 0 amide bonds. The van der Waals surface area contributed by atoms with Gasteiger partial charge >= 0.3 is 22.4 Å². The molecule has 4 N–H and O–H groups in total. The first kappa shape index (κ1) is 26.3. The minimum Gasteiger partial charge on any atom is -0.512 e. The van der Waals surface area contributed by atoms with E-state index in [1.54, 1.807) is 0 Å². The van der Waals surface area contributed by atoms with Gasteiger partial charge in [-0.1, -0.05) is 0 Å². The number of hydrogen-bond acceptors (Lipinski definition) is 4. The Kier molecular flexibility index (Phi) is 107. The smallest absolute Gasteiger partial charge is 0.512 e. The zero-order valence-corrected chi connectivity index (χ0v) is 5.40. The van der Waals surface area contributed by atoms with Gasteiger partial charge in [-0.15, -0.1) is 0 Å². The Morgan fingerprint density at radius 1 is 1.38 bits per heavy atom. The van der Waals surface area contributed by atoms with Crippen molar-refractivity contribution in [2.45, 2.75) is 0 Å². The van der Waals surface area contributed by atoms with Gasteiger partial charge < -0.3 is 33.3 Å². The van der Waals surface area contributed by atoms with Crippen molar-refractivity contribution < 1.29 is 27.5 Å². The van der Waals surface area contributed by atoms with Crippen LogP contribution in [0.3, 0.4) is 0 Å². The molecule has 52 valence electrons. The zero-order valence-electron chi connectivity index (χ0n) is 3.92. The fourth-order valence-electron chi connectivity index (χ4n) is 0. The van der Waals surface area contributed by atoms with Gasteiger partial charge in [0.2, 0.25) is 0 Å². The Hall–Kier alpha value is -0.610. The average Bonchev–Trinajstić information content (AvgIpc) is 1.41. The Labute approximate surface area is 61.3 Å². The molecule has 7 heteroatoms. The van der Waals surface area contributed by atoms with E-state index >= 15 is 0 Å². The minimum atomic E-state index is -1.75. The van der Waals surface area contributed by atoms with E-state index in [1.165, 1.54) is 0 Å². The molecule has 0 atom stereocenters. The molecule has 8 heavy (non-hydrogen) atoms. The van der Waals surface area contributed by atoms with Gasteiger partial charge in [-0.25, -0.2) is 0 Å². The summed E-state index contributed by atoms with van der Waals surface area (Å²) in [7, 11) is 0. The minimum absolute atomic E-state index is 0. The number of quaternary nitrogens is 1. The third-order valence-corrected chi connectivity index (χ3v) is 0. The maximum absolute atomic E-state index is 8.25. The predicted molar refractivity (Wildman–Crippen MR) is 21.3 cm³/mol. The normalized spacial score (nSPS) is 3.25. The molecule has 0 radical (unpaired) electrons. The molecule has 0 unspecified atom stereocenters. The Balaban J connectivity index is -0.0000000183. The predicted octanol–water partition coefficient (Wildman–Crippen LogP) is 0.231. The molecule has 0 rings (SSSR count). The number of rotatable bonds is 0. The van der Waals surface area contributed by atoms with E-state index in [-0.39, 0.29) is 28.5 Å². The molecule has 0 aromatic heterocycles. The maximum Gasteiger partial charge on any atom is 1.00 e. The Morgan fingerprint density at radius 3 is 1.38 bits per heavy atom. The van der Waals surface area contributed by atoms with Crippen molar-refractivity contribution in [2.24, 2.45) is 0 Å². The summed E-state index contributed by atoms with van der Waals surface area (Å²) in [5.74, 6) is 0. The topological polar surface area (TPSA) is 126 Å². The van der Waals surface area contributed by atoms with E-state index in [9.17, 15) is 0 Å². The molecule has 0 heterocycles. The van der Waals surface area contributed by atoms with E-state index in [0.29, 0.717) is 0 Å². The summed E-state index contributed by atoms with van der Waals surface area (Å²) in [4.78, 5) is 8.25. The second-order valence-corrected chi connectivity index (χ2v) is 0.224. The largest absolute Gasteiger partial charge is 1.00 e. The van der Waals surface area contributed by atoms with Crippen LogP contribution >= 0.6 is 0 Å². The van der Waals surface area contributed by atoms with Gasteiger partial charge in [0.05, 0.1) is 5.09 Å².